The average molecular weight is 515 g/mol. The second kappa shape index (κ2) is 12.2. The number of nitrogens with one attached hydrogen (secondary N) is 2. The summed E-state index contributed by atoms with van der Waals surface area (Å²) in [6, 6.07) is 31.0. The smallest absolute Gasteiger partial charge is 0.255 e. The zero-order valence-corrected chi connectivity index (χ0v) is 22.5. The van der Waals surface area contributed by atoms with Crippen LogP contribution in [0.2, 0.25) is 0 Å². The number of carbonyl (C=O) groups excluding carboxylic acids is 2. The zero-order chi connectivity index (χ0) is 27.8. The molecule has 4 rings (SSSR count). The van der Waals surface area contributed by atoms with Crippen LogP contribution >= 0.6 is 0 Å². The summed E-state index contributed by atoms with van der Waals surface area (Å²) < 4.78 is 0. The molecule has 0 aliphatic carbocycles. The zero-order valence-electron chi connectivity index (χ0n) is 22.5. The average Bonchev–Trinajstić information content (AvgIpc) is 2.95. The van der Waals surface area contributed by atoms with E-state index in [0.717, 1.165) is 46.5 Å². The van der Waals surface area contributed by atoms with Gasteiger partial charge in [-0.05, 0) is 83.6 Å². The van der Waals surface area contributed by atoms with E-state index in [1.807, 2.05) is 109 Å². The highest BCUT2D eigenvalue weighted by Gasteiger charge is 2.23. The van der Waals surface area contributed by atoms with Gasteiger partial charge in [-0.3, -0.25) is 9.59 Å². The fraction of sp³-hybridized carbons (Fsp3) is 0.143. The second-order valence-corrected chi connectivity index (χ2v) is 10.1. The molecule has 0 heterocycles. The van der Waals surface area contributed by atoms with Crippen molar-refractivity contribution in [1.82, 2.24) is 0 Å². The molecule has 2 amide bonds. The van der Waals surface area contributed by atoms with E-state index in [4.69, 9.17) is 0 Å². The monoisotopic (exact) mass is 514 g/mol. The van der Waals surface area contributed by atoms with Crippen LogP contribution in [0.5, 0.6) is 0 Å². The number of amides is 2. The number of allylic oxidation sites excluding steroid dienone is 2. The van der Waals surface area contributed by atoms with E-state index in [0.29, 0.717) is 11.1 Å². The molecule has 0 saturated carbocycles. The Morgan fingerprint density at radius 2 is 0.923 bits per heavy atom. The number of hydrogen-bond acceptors (Lipinski definition) is 2. The van der Waals surface area contributed by atoms with E-state index < -0.39 is 0 Å². The quantitative estimate of drug-likeness (QED) is 0.211. The molecule has 196 valence electrons. The molecular weight excluding hydrogens is 480 g/mol. The van der Waals surface area contributed by atoms with Gasteiger partial charge >= 0.3 is 0 Å². The largest absolute Gasteiger partial charge is 0.322 e. The minimum atomic E-state index is -0.271. The summed E-state index contributed by atoms with van der Waals surface area (Å²) >= 11 is 0. The Hall–Kier alpha value is -4.70. The van der Waals surface area contributed by atoms with Gasteiger partial charge in [0.15, 0.2) is 0 Å². The molecule has 0 spiro atoms. The summed E-state index contributed by atoms with van der Waals surface area (Å²) in [5.74, 6) is -0.282. The number of carbonyl (C=O) groups is 2. The maximum atomic E-state index is 12.7. The van der Waals surface area contributed by atoms with Crippen molar-refractivity contribution >= 4 is 23.2 Å². The summed E-state index contributed by atoms with van der Waals surface area (Å²) in [6.07, 6.45) is 5.25. The fourth-order valence-corrected chi connectivity index (χ4v) is 4.43. The van der Waals surface area contributed by atoms with Crippen LogP contribution in [0.3, 0.4) is 0 Å². The van der Waals surface area contributed by atoms with Crippen LogP contribution in [-0.4, -0.2) is 11.8 Å². The first-order chi connectivity index (χ1) is 18.8. The fourth-order valence-electron chi connectivity index (χ4n) is 4.43. The summed E-state index contributed by atoms with van der Waals surface area (Å²) in [7, 11) is 0. The number of hydrogen-bond donors (Lipinski definition) is 2. The van der Waals surface area contributed by atoms with Gasteiger partial charge in [-0.15, -0.1) is 13.2 Å². The van der Waals surface area contributed by atoms with Crippen LogP contribution in [0, 0.1) is 0 Å². The topological polar surface area (TPSA) is 58.2 Å². The van der Waals surface area contributed by atoms with Crippen LogP contribution in [0.15, 0.2) is 122 Å². The lowest BCUT2D eigenvalue weighted by Gasteiger charge is -2.26. The van der Waals surface area contributed by atoms with Crippen molar-refractivity contribution in [3.8, 4) is 0 Å². The molecule has 4 heteroatoms. The molecule has 4 nitrogen and oxygen atoms in total. The minimum Gasteiger partial charge on any atom is -0.322 e. The van der Waals surface area contributed by atoms with Gasteiger partial charge in [0.05, 0.1) is 0 Å². The number of rotatable bonds is 10. The maximum absolute atomic E-state index is 12.7. The third kappa shape index (κ3) is 6.79. The van der Waals surface area contributed by atoms with Crippen molar-refractivity contribution in [3.05, 3.63) is 156 Å². The Morgan fingerprint density at radius 3 is 1.23 bits per heavy atom. The Balaban J connectivity index is 1.39. The second-order valence-electron chi connectivity index (χ2n) is 10.1. The Labute approximate surface area is 231 Å². The maximum Gasteiger partial charge on any atom is 0.255 e. The molecule has 0 aliphatic heterocycles. The Morgan fingerprint density at radius 1 is 0.590 bits per heavy atom. The van der Waals surface area contributed by atoms with Crippen molar-refractivity contribution in [2.24, 2.45) is 0 Å². The van der Waals surface area contributed by atoms with Gasteiger partial charge in [-0.2, -0.15) is 0 Å². The predicted octanol–water partition coefficient (Wildman–Crippen LogP) is 7.97. The van der Waals surface area contributed by atoms with E-state index in [1.54, 1.807) is 0 Å². The highest BCUT2D eigenvalue weighted by atomic mass is 16.2. The van der Waals surface area contributed by atoms with E-state index >= 15 is 0 Å². The first kappa shape index (κ1) is 27.3. The molecule has 0 radical (unpaired) electrons. The molecule has 0 atom stereocenters. The van der Waals surface area contributed by atoms with Crippen molar-refractivity contribution < 1.29 is 9.59 Å². The lowest BCUT2D eigenvalue weighted by atomic mass is 9.78. The lowest BCUT2D eigenvalue weighted by Crippen LogP contribution is -2.19. The lowest BCUT2D eigenvalue weighted by molar-refractivity contribution is 0.101. The normalized spacial score (nSPS) is 10.9. The van der Waals surface area contributed by atoms with Gasteiger partial charge in [0.25, 0.3) is 11.8 Å². The summed E-state index contributed by atoms with van der Waals surface area (Å²) in [5.41, 5.74) is 6.92. The highest BCUT2D eigenvalue weighted by Crippen LogP contribution is 2.33. The molecule has 0 aromatic heterocycles. The first-order valence-corrected chi connectivity index (χ1v) is 13.0. The molecule has 39 heavy (non-hydrogen) atoms. The van der Waals surface area contributed by atoms with Crippen LogP contribution in [-0.2, 0) is 18.3 Å². The van der Waals surface area contributed by atoms with Gasteiger partial charge in [-0.1, -0.05) is 74.5 Å². The SMILES string of the molecule is C=CCc1ccc(C(=O)Nc2ccc(C(C)(C)c3ccc(NC(=O)c4ccc(CC=C)cc4)cc3)cc2)cc1. The Bertz CT molecular complexity index is 1330. The van der Waals surface area contributed by atoms with Gasteiger partial charge in [0, 0.05) is 27.9 Å². The number of benzene rings is 4. The third-order valence-corrected chi connectivity index (χ3v) is 6.92. The third-order valence-electron chi connectivity index (χ3n) is 6.92. The van der Waals surface area contributed by atoms with E-state index in [9.17, 15) is 9.59 Å². The van der Waals surface area contributed by atoms with Crippen molar-refractivity contribution in [2.75, 3.05) is 10.6 Å². The standard InChI is InChI=1S/C35H34N2O2/c1-5-7-25-9-13-27(14-10-25)33(38)36-31-21-17-29(18-22-31)35(3,4)30-19-23-32(24-20-30)37-34(39)28-15-11-26(8-6-2)12-16-28/h5-6,9-24H,1-2,7-8H2,3-4H3,(H,36,38)(H,37,39). The molecule has 0 bridgehead atoms. The highest BCUT2D eigenvalue weighted by molar-refractivity contribution is 6.04. The summed E-state index contributed by atoms with van der Waals surface area (Å²) in [6.45, 7) is 11.8. The molecule has 4 aromatic carbocycles. The van der Waals surface area contributed by atoms with E-state index in [1.165, 1.54) is 0 Å². The van der Waals surface area contributed by atoms with Crippen LogP contribution in [0.25, 0.3) is 0 Å². The molecule has 0 unspecified atom stereocenters. The van der Waals surface area contributed by atoms with Crippen molar-refractivity contribution in [1.29, 1.82) is 0 Å². The molecule has 2 N–H and O–H groups in total. The van der Waals surface area contributed by atoms with Crippen LogP contribution in [0.4, 0.5) is 11.4 Å². The molecule has 0 fully saturated rings. The molecular formula is C35H34N2O2. The molecule has 0 saturated heterocycles. The van der Waals surface area contributed by atoms with Crippen LogP contribution < -0.4 is 10.6 Å². The van der Waals surface area contributed by atoms with Crippen LogP contribution in [0.1, 0.15) is 56.8 Å². The molecule has 0 aliphatic rings. The molecule has 4 aromatic rings. The minimum absolute atomic E-state index is 0.141. The summed E-state index contributed by atoms with van der Waals surface area (Å²) in [4.78, 5) is 25.3. The first-order valence-electron chi connectivity index (χ1n) is 13.0. The van der Waals surface area contributed by atoms with E-state index in [2.05, 4.69) is 37.6 Å². The number of anilines is 2. The van der Waals surface area contributed by atoms with Gasteiger partial charge in [0.1, 0.15) is 0 Å². The predicted molar refractivity (Wildman–Crippen MR) is 162 cm³/mol. The van der Waals surface area contributed by atoms with E-state index in [-0.39, 0.29) is 17.2 Å². The summed E-state index contributed by atoms with van der Waals surface area (Å²) in [5, 5.41) is 5.95. The van der Waals surface area contributed by atoms with Crippen molar-refractivity contribution in [2.45, 2.75) is 32.1 Å². The van der Waals surface area contributed by atoms with Gasteiger partial charge in [0.2, 0.25) is 0 Å². The Kier molecular flexibility index (Phi) is 8.57. The van der Waals surface area contributed by atoms with Crippen molar-refractivity contribution in [3.63, 3.8) is 0 Å². The van der Waals surface area contributed by atoms with Gasteiger partial charge in [-0.25, -0.2) is 0 Å². The van der Waals surface area contributed by atoms with Gasteiger partial charge < -0.3 is 10.6 Å².